The Morgan fingerprint density at radius 3 is 2.40 bits per heavy atom. The van der Waals surface area contributed by atoms with Gasteiger partial charge in [0.05, 0.1) is 12.5 Å². The van der Waals surface area contributed by atoms with Gasteiger partial charge in [-0.3, -0.25) is 14.4 Å². The lowest BCUT2D eigenvalue weighted by atomic mass is 9.98. The number of amides is 2. The van der Waals surface area contributed by atoms with Crippen LogP contribution in [-0.2, 0) is 14.4 Å². The number of nitrogens with zero attached hydrogens (tertiary/aromatic N) is 2. The molecule has 0 spiro atoms. The van der Waals surface area contributed by atoms with Crippen molar-refractivity contribution >= 4 is 17.8 Å². The van der Waals surface area contributed by atoms with E-state index in [0.717, 1.165) is 38.8 Å². The van der Waals surface area contributed by atoms with Crippen molar-refractivity contribution in [2.75, 3.05) is 26.2 Å². The first-order valence-electron chi connectivity index (χ1n) is 7.36. The normalized spacial score (nSPS) is 24.4. The molecule has 20 heavy (non-hydrogen) atoms. The van der Waals surface area contributed by atoms with Gasteiger partial charge in [-0.2, -0.15) is 0 Å². The van der Waals surface area contributed by atoms with Crippen LogP contribution in [0.3, 0.4) is 0 Å². The van der Waals surface area contributed by atoms with Crippen molar-refractivity contribution in [3.05, 3.63) is 0 Å². The Morgan fingerprint density at radius 2 is 1.80 bits per heavy atom. The van der Waals surface area contributed by atoms with E-state index in [1.54, 1.807) is 0 Å². The summed E-state index contributed by atoms with van der Waals surface area (Å²) >= 11 is 0. The minimum Gasteiger partial charge on any atom is -0.481 e. The van der Waals surface area contributed by atoms with Gasteiger partial charge in [0.2, 0.25) is 11.8 Å². The van der Waals surface area contributed by atoms with Gasteiger partial charge in [-0.1, -0.05) is 12.8 Å². The van der Waals surface area contributed by atoms with E-state index in [4.69, 9.17) is 5.11 Å². The smallest absolute Gasteiger partial charge is 0.308 e. The maximum Gasteiger partial charge on any atom is 0.308 e. The molecule has 1 unspecified atom stereocenters. The van der Waals surface area contributed by atoms with Crippen molar-refractivity contribution in [2.45, 2.75) is 38.5 Å². The van der Waals surface area contributed by atoms with Crippen LogP contribution in [0.1, 0.15) is 38.5 Å². The molecule has 2 amide bonds. The summed E-state index contributed by atoms with van der Waals surface area (Å²) in [6, 6.07) is 0. The Labute approximate surface area is 118 Å². The number of aliphatic carboxylic acids is 1. The fraction of sp³-hybridized carbons (Fsp3) is 0.786. The lowest BCUT2D eigenvalue weighted by Crippen LogP contribution is -2.48. The highest BCUT2D eigenvalue weighted by atomic mass is 16.4. The van der Waals surface area contributed by atoms with Gasteiger partial charge in [-0.15, -0.1) is 0 Å². The minimum absolute atomic E-state index is 0.0304. The molecular weight excluding hydrogens is 260 g/mol. The van der Waals surface area contributed by atoms with Gasteiger partial charge in [0.15, 0.2) is 0 Å². The van der Waals surface area contributed by atoms with E-state index < -0.39 is 11.9 Å². The average molecular weight is 282 g/mol. The van der Waals surface area contributed by atoms with Crippen molar-refractivity contribution in [2.24, 2.45) is 5.92 Å². The number of carboxylic acid groups (broad SMARTS) is 1. The summed E-state index contributed by atoms with van der Waals surface area (Å²) in [5, 5.41) is 9.03. The van der Waals surface area contributed by atoms with Gasteiger partial charge in [0.25, 0.3) is 0 Å². The standard InChI is InChI=1S/C14H22N2O4/c17-12-6-5-11(14(19)20)9-16(12)10-13(18)15-7-3-1-2-4-8-15/h11H,1-10H2,(H,19,20). The zero-order chi connectivity index (χ0) is 14.5. The predicted octanol–water partition coefficient (Wildman–Crippen LogP) is 0.712. The molecule has 1 N–H and O–H groups in total. The molecule has 0 saturated carbocycles. The third-order valence-corrected chi connectivity index (χ3v) is 4.13. The van der Waals surface area contributed by atoms with Crippen molar-refractivity contribution in [1.82, 2.24) is 9.80 Å². The van der Waals surface area contributed by atoms with Crippen LogP contribution in [0.2, 0.25) is 0 Å². The highest BCUT2D eigenvalue weighted by Crippen LogP contribution is 2.18. The molecule has 6 nitrogen and oxygen atoms in total. The summed E-state index contributed by atoms with van der Waals surface area (Å²) in [4.78, 5) is 38.3. The van der Waals surface area contributed by atoms with E-state index in [1.807, 2.05) is 4.90 Å². The highest BCUT2D eigenvalue weighted by Gasteiger charge is 2.31. The summed E-state index contributed by atoms with van der Waals surface area (Å²) < 4.78 is 0. The molecule has 0 aromatic carbocycles. The first kappa shape index (κ1) is 14.8. The average Bonchev–Trinajstić information content (AvgIpc) is 2.70. The molecule has 2 aliphatic heterocycles. The Kier molecular flexibility index (Phi) is 4.98. The molecule has 112 valence electrons. The number of likely N-dealkylation sites (tertiary alicyclic amines) is 2. The molecule has 0 radical (unpaired) electrons. The van der Waals surface area contributed by atoms with E-state index >= 15 is 0 Å². The molecular formula is C14H22N2O4. The van der Waals surface area contributed by atoms with E-state index in [2.05, 4.69) is 0 Å². The second-order valence-electron chi connectivity index (χ2n) is 5.64. The number of hydrogen-bond donors (Lipinski definition) is 1. The topological polar surface area (TPSA) is 77.9 Å². The Balaban J connectivity index is 1.91. The fourth-order valence-electron chi connectivity index (χ4n) is 2.85. The lowest BCUT2D eigenvalue weighted by molar-refractivity contribution is -0.150. The Morgan fingerprint density at radius 1 is 1.15 bits per heavy atom. The third kappa shape index (κ3) is 3.71. The summed E-state index contributed by atoms with van der Waals surface area (Å²) in [7, 11) is 0. The molecule has 2 saturated heterocycles. The highest BCUT2D eigenvalue weighted by molar-refractivity contribution is 5.86. The van der Waals surface area contributed by atoms with Crippen molar-refractivity contribution in [3.8, 4) is 0 Å². The van der Waals surface area contributed by atoms with Crippen LogP contribution >= 0.6 is 0 Å². The van der Waals surface area contributed by atoms with Gasteiger partial charge < -0.3 is 14.9 Å². The number of rotatable bonds is 3. The molecule has 1 atom stereocenters. The number of piperidine rings is 1. The van der Waals surface area contributed by atoms with Gasteiger partial charge in [0, 0.05) is 26.1 Å². The van der Waals surface area contributed by atoms with E-state index in [-0.39, 0.29) is 31.3 Å². The van der Waals surface area contributed by atoms with Crippen LogP contribution in [0.25, 0.3) is 0 Å². The second-order valence-corrected chi connectivity index (χ2v) is 5.64. The number of carboxylic acids is 1. The maximum atomic E-state index is 12.2. The summed E-state index contributed by atoms with van der Waals surface area (Å²) in [6.07, 6.45) is 4.92. The maximum absolute atomic E-state index is 12.2. The van der Waals surface area contributed by atoms with Gasteiger partial charge in [0.1, 0.15) is 0 Å². The lowest BCUT2D eigenvalue weighted by Gasteiger charge is -2.32. The number of hydrogen-bond acceptors (Lipinski definition) is 3. The van der Waals surface area contributed by atoms with Gasteiger partial charge >= 0.3 is 5.97 Å². The molecule has 2 heterocycles. The summed E-state index contributed by atoms with van der Waals surface area (Å²) in [5.74, 6) is -1.58. The SMILES string of the molecule is O=C(O)C1CCC(=O)N(CC(=O)N2CCCCCC2)C1. The third-order valence-electron chi connectivity index (χ3n) is 4.13. The molecule has 6 heteroatoms. The molecule has 0 aromatic rings. The van der Waals surface area contributed by atoms with Crippen molar-refractivity contribution in [1.29, 1.82) is 0 Å². The molecule has 2 aliphatic rings. The molecule has 0 aromatic heterocycles. The van der Waals surface area contributed by atoms with E-state index in [1.165, 1.54) is 4.90 Å². The zero-order valence-corrected chi connectivity index (χ0v) is 11.7. The molecule has 0 bridgehead atoms. The largest absolute Gasteiger partial charge is 0.481 e. The predicted molar refractivity (Wildman–Crippen MR) is 72.0 cm³/mol. The van der Waals surface area contributed by atoms with Gasteiger partial charge in [-0.05, 0) is 19.3 Å². The quantitative estimate of drug-likeness (QED) is 0.827. The van der Waals surface area contributed by atoms with Crippen molar-refractivity contribution < 1.29 is 19.5 Å². The summed E-state index contributed by atoms with van der Waals surface area (Å²) in [6.45, 7) is 1.70. The van der Waals surface area contributed by atoms with Crippen LogP contribution in [0.5, 0.6) is 0 Å². The second kappa shape index (κ2) is 6.72. The Hall–Kier alpha value is -1.59. The van der Waals surface area contributed by atoms with Crippen LogP contribution in [-0.4, -0.2) is 58.9 Å². The van der Waals surface area contributed by atoms with Crippen LogP contribution < -0.4 is 0 Å². The van der Waals surface area contributed by atoms with Crippen molar-refractivity contribution in [3.63, 3.8) is 0 Å². The van der Waals surface area contributed by atoms with Crippen LogP contribution in [0.15, 0.2) is 0 Å². The fourth-order valence-corrected chi connectivity index (χ4v) is 2.85. The molecule has 2 fully saturated rings. The van der Waals surface area contributed by atoms with E-state index in [0.29, 0.717) is 6.42 Å². The van der Waals surface area contributed by atoms with Gasteiger partial charge in [-0.25, -0.2) is 0 Å². The number of carbonyl (C=O) groups is 3. The van der Waals surface area contributed by atoms with Crippen LogP contribution in [0, 0.1) is 5.92 Å². The van der Waals surface area contributed by atoms with Crippen LogP contribution in [0.4, 0.5) is 0 Å². The molecule has 2 rings (SSSR count). The molecule has 0 aliphatic carbocycles. The number of carbonyl (C=O) groups excluding carboxylic acids is 2. The monoisotopic (exact) mass is 282 g/mol. The first-order chi connectivity index (χ1) is 9.58. The summed E-state index contributed by atoms with van der Waals surface area (Å²) in [5.41, 5.74) is 0. The zero-order valence-electron chi connectivity index (χ0n) is 11.7. The minimum atomic E-state index is -0.885. The van der Waals surface area contributed by atoms with E-state index in [9.17, 15) is 14.4 Å². The Bertz CT molecular complexity index is 389. The first-order valence-corrected chi connectivity index (χ1v) is 7.36.